The van der Waals surface area contributed by atoms with Crippen molar-refractivity contribution < 1.29 is 14.7 Å². The summed E-state index contributed by atoms with van der Waals surface area (Å²) < 4.78 is 0. The number of benzene rings is 1. The SMILES string of the molecule is C#CCSCCNC(=O)Nc1ccc(C)c(C(=O)O)c1. The monoisotopic (exact) mass is 292 g/mol. The van der Waals surface area contributed by atoms with E-state index in [-0.39, 0.29) is 11.6 Å². The van der Waals surface area contributed by atoms with Gasteiger partial charge in [-0.15, -0.1) is 18.2 Å². The van der Waals surface area contributed by atoms with Crippen molar-refractivity contribution in [1.29, 1.82) is 0 Å². The number of rotatable bonds is 6. The summed E-state index contributed by atoms with van der Waals surface area (Å²) in [4.78, 5) is 22.6. The van der Waals surface area contributed by atoms with E-state index in [0.29, 0.717) is 23.5 Å². The van der Waals surface area contributed by atoms with Crippen LogP contribution < -0.4 is 10.6 Å². The van der Waals surface area contributed by atoms with Crippen LogP contribution in [-0.2, 0) is 0 Å². The van der Waals surface area contributed by atoms with E-state index in [9.17, 15) is 9.59 Å². The van der Waals surface area contributed by atoms with Gasteiger partial charge in [0.25, 0.3) is 0 Å². The van der Waals surface area contributed by atoms with Gasteiger partial charge < -0.3 is 15.7 Å². The molecule has 0 aliphatic carbocycles. The van der Waals surface area contributed by atoms with Crippen LogP contribution in [0.2, 0.25) is 0 Å². The zero-order chi connectivity index (χ0) is 15.0. The van der Waals surface area contributed by atoms with E-state index in [2.05, 4.69) is 16.6 Å². The molecule has 0 saturated heterocycles. The summed E-state index contributed by atoms with van der Waals surface area (Å²) in [6.07, 6.45) is 5.10. The quantitative estimate of drug-likeness (QED) is 0.555. The molecule has 0 atom stereocenters. The van der Waals surface area contributed by atoms with Gasteiger partial charge in [0.2, 0.25) is 0 Å². The minimum Gasteiger partial charge on any atom is -0.478 e. The maximum absolute atomic E-state index is 11.6. The Balaban J connectivity index is 2.48. The Labute approximate surface area is 122 Å². The third kappa shape index (κ3) is 5.24. The highest BCUT2D eigenvalue weighted by atomic mass is 32.2. The largest absolute Gasteiger partial charge is 0.478 e. The number of urea groups is 1. The molecule has 2 amide bonds. The first-order chi connectivity index (χ1) is 9.54. The highest BCUT2D eigenvalue weighted by molar-refractivity contribution is 7.99. The molecule has 0 bridgehead atoms. The van der Waals surface area contributed by atoms with Gasteiger partial charge in [-0.25, -0.2) is 9.59 Å². The highest BCUT2D eigenvalue weighted by Crippen LogP contribution is 2.15. The number of hydrogen-bond acceptors (Lipinski definition) is 3. The summed E-state index contributed by atoms with van der Waals surface area (Å²) in [7, 11) is 0. The van der Waals surface area contributed by atoms with Crippen molar-refractivity contribution in [2.45, 2.75) is 6.92 Å². The molecule has 0 saturated carbocycles. The fourth-order valence-electron chi connectivity index (χ4n) is 1.47. The van der Waals surface area contributed by atoms with Gasteiger partial charge in [0.15, 0.2) is 0 Å². The van der Waals surface area contributed by atoms with Crippen LogP contribution in [0.3, 0.4) is 0 Å². The summed E-state index contributed by atoms with van der Waals surface area (Å²) in [6, 6.07) is 4.38. The van der Waals surface area contributed by atoms with Gasteiger partial charge >= 0.3 is 12.0 Å². The van der Waals surface area contributed by atoms with Crippen molar-refractivity contribution in [3.05, 3.63) is 29.3 Å². The van der Waals surface area contributed by atoms with E-state index >= 15 is 0 Å². The molecular weight excluding hydrogens is 276 g/mol. The molecule has 0 radical (unpaired) electrons. The molecule has 3 N–H and O–H groups in total. The van der Waals surface area contributed by atoms with E-state index in [1.54, 1.807) is 30.8 Å². The van der Waals surface area contributed by atoms with Crippen molar-refractivity contribution in [2.75, 3.05) is 23.4 Å². The molecule has 20 heavy (non-hydrogen) atoms. The van der Waals surface area contributed by atoms with Gasteiger partial charge in [0.05, 0.1) is 11.3 Å². The fourth-order valence-corrected chi connectivity index (χ4v) is 1.98. The minimum atomic E-state index is -1.02. The normalized spacial score (nSPS) is 9.60. The zero-order valence-corrected chi connectivity index (χ0v) is 11.9. The number of carbonyl (C=O) groups excluding carboxylic acids is 1. The molecule has 0 unspecified atom stereocenters. The Morgan fingerprint density at radius 2 is 2.20 bits per heavy atom. The van der Waals surface area contributed by atoms with E-state index in [4.69, 9.17) is 11.5 Å². The van der Waals surface area contributed by atoms with Crippen molar-refractivity contribution in [3.8, 4) is 12.3 Å². The lowest BCUT2D eigenvalue weighted by atomic mass is 10.1. The third-order valence-corrected chi connectivity index (χ3v) is 3.31. The maximum Gasteiger partial charge on any atom is 0.336 e. The fraction of sp³-hybridized carbons (Fsp3) is 0.286. The lowest BCUT2D eigenvalue weighted by Crippen LogP contribution is -2.30. The standard InChI is InChI=1S/C14H16N2O3S/c1-3-7-20-8-6-15-14(19)16-11-5-4-10(2)12(9-11)13(17)18/h1,4-5,9H,6-8H2,2H3,(H,17,18)(H2,15,16,19). The Morgan fingerprint density at radius 3 is 2.85 bits per heavy atom. The van der Waals surface area contributed by atoms with Crippen LogP contribution in [0.4, 0.5) is 10.5 Å². The van der Waals surface area contributed by atoms with Crippen LogP contribution in [0.15, 0.2) is 18.2 Å². The Hall–Kier alpha value is -2.13. The number of anilines is 1. The predicted molar refractivity (Wildman–Crippen MR) is 81.3 cm³/mol. The summed E-state index contributed by atoms with van der Waals surface area (Å²) >= 11 is 1.55. The van der Waals surface area contributed by atoms with Crippen molar-refractivity contribution >= 4 is 29.4 Å². The number of amides is 2. The molecule has 1 aromatic carbocycles. The summed E-state index contributed by atoms with van der Waals surface area (Å²) in [5.74, 6) is 2.82. The first-order valence-electron chi connectivity index (χ1n) is 5.94. The van der Waals surface area contributed by atoms with Gasteiger partial charge in [-0.2, -0.15) is 0 Å². The molecular formula is C14H16N2O3S. The second-order valence-corrected chi connectivity index (χ2v) is 5.08. The van der Waals surface area contributed by atoms with Crippen LogP contribution >= 0.6 is 11.8 Å². The van der Waals surface area contributed by atoms with Crippen LogP contribution in [0, 0.1) is 19.3 Å². The molecule has 1 aromatic rings. The van der Waals surface area contributed by atoms with Crippen LogP contribution in [-0.4, -0.2) is 35.2 Å². The first kappa shape index (κ1) is 15.9. The number of carboxylic acids is 1. The van der Waals surface area contributed by atoms with E-state index < -0.39 is 5.97 Å². The first-order valence-corrected chi connectivity index (χ1v) is 7.10. The van der Waals surface area contributed by atoms with Crippen LogP contribution in [0.5, 0.6) is 0 Å². The summed E-state index contributed by atoms with van der Waals surface area (Å²) in [5, 5.41) is 14.3. The minimum absolute atomic E-state index is 0.173. The van der Waals surface area contributed by atoms with Crippen LogP contribution in [0.25, 0.3) is 0 Å². The number of aryl methyl sites for hydroxylation is 1. The molecule has 0 spiro atoms. The number of carboxylic acid groups (broad SMARTS) is 1. The van der Waals surface area contributed by atoms with E-state index in [1.165, 1.54) is 6.07 Å². The topological polar surface area (TPSA) is 78.4 Å². The average Bonchev–Trinajstić information content (AvgIpc) is 2.40. The number of carbonyl (C=O) groups is 2. The Morgan fingerprint density at radius 1 is 1.45 bits per heavy atom. The summed E-state index contributed by atoms with van der Waals surface area (Å²) in [6.45, 7) is 2.20. The Bertz CT molecular complexity index is 538. The van der Waals surface area contributed by atoms with Gasteiger partial charge in [-0.1, -0.05) is 12.0 Å². The predicted octanol–water partition coefficient (Wildman–Crippen LogP) is 2.18. The van der Waals surface area contributed by atoms with Gasteiger partial charge in [-0.05, 0) is 24.6 Å². The zero-order valence-electron chi connectivity index (χ0n) is 11.1. The van der Waals surface area contributed by atoms with Crippen LogP contribution in [0.1, 0.15) is 15.9 Å². The molecule has 0 aromatic heterocycles. The lowest BCUT2D eigenvalue weighted by Gasteiger charge is -2.09. The second-order valence-electron chi connectivity index (χ2n) is 3.97. The number of hydrogen-bond donors (Lipinski definition) is 3. The molecule has 0 aliphatic heterocycles. The van der Waals surface area contributed by atoms with E-state index in [0.717, 1.165) is 5.75 Å². The number of terminal acetylenes is 1. The van der Waals surface area contributed by atoms with Crippen molar-refractivity contribution in [3.63, 3.8) is 0 Å². The van der Waals surface area contributed by atoms with Gasteiger partial charge in [0, 0.05) is 18.0 Å². The molecule has 6 heteroatoms. The molecule has 0 aliphatic rings. The number of aromatic carboxylic acids is 1. The summed E-state index contributed by atoms with van der Waals surface area (Å²) in [5.41, 5.74) is 1.27. The molecule has 0 heterocycles. The average molecular weight is 292 g/mol. The van der Waals surface area contributed by atoms with E-state index in [1.807, 2.05) is 0 Å². The Kier molecular flexibility index (Phi) is 6.47. The van der Waals surface area contributed by atoms with Gasteiger partial charge in [-0.3, -0.25) is 0 Å². The molecule has 106 valence electrons. The second kappa shape index (κ2) is 8.12. The van der Waals surface area contributed by atoms with Gasteiger partial charge in [0.1, 0.15) is 0 Å². The maximum atomic E-state index is 11.6. The number of nitrogens with one attached hydrogen (secondary N) is 2. The lowest BCUT2D eigenvalue weighted by molar-refractivity contribution is 0.0696. The third-order valence-electron chi connectivity index (χ3n) is 2.44. The number of thioether (sulfide) groups is 1. The molecule has 0 fully saturated rings. The van der Waals surface area contributed by atoms with Crippen molar-refractivity contribution in [1.82, 2.24) is 5.32 Å². The highest BCUT2D eigenvalue weighted by Gasteiger charge is 2.09. The smallest absolute Gasteiger partial charge is 0.336 e. The molecule has 1 rings (SSSR count). The van der Waals surface area contributed by atoms with Crippen molar-refractivity contribution in [2.24, 2.45) is 0 Å². The molecule has 5 nitrogen and oxygen atoms in total.